The molecule has 0 spiro atoms. The van der Waals surface area contributed by atoms with Crippen molar-refractivity contribution >= 4 is 5.97 Å². The molecule has 3 nitrogen and oxygen atoms in total. The highest BCUT2D eigenvalue weighted by atomic mass is 16.4. The largest absolute Gasteiger partial charge is 0.481 e. The third-order valence-electron chi connectivity index (χ3n) is 2.40. The van der Waals surface area contributed by atoms with E-state index in [4.69, 9.17) is 10.8 Å². The lowest BCUT2D eigenvalue weighted by atomic mass is 9.83. The molecule has 1 aliphatic carbocycles. The van der Waals surface area contributed by atoms with Crippen molar-refractivity contribution in [1.82, 2.24) is 0 Å². The zero-order valence-electron chi connectivity index (χ0n) is 6.62. The first-order valence-electron chi connectivity index (χ1n) is 4.17. The van der Waals surface area contributed by atoms with Crippen LogP contribution in [0.4, 0.5) is 0 Å². The van der Waals surface area contributed by atoms with E-state index in [-0.39, 0.29) is 18.4 Å². The van der Waals surface area contributed by atoms with Crippen LogP contribution >= 0.6 is 0 Å². The van der Waals surface area contributed by atoms with Crippen LogP contribution in [-0.4, -0.2) is 17.1 Å². The van der Waals surface area contributed by atoms with Crippen molar-refractivity contribution in [3.05, 3.63) is 0 Å². The van der Waals surface area contributed by atoms with Crippen LogP contribution in [0.15, 0.2) is 0 Å². The molecule has 1 fully saturated rings. The predicted molar refractivity (Wildman–Crippen MR) is 42.2 cm³/mol. The second-order valence-corrected chi connectivity index (χ2v) is 3.31. The molecule has 0 unspecified atom stereocenters. The molecule has 2 atom stereocenters. The average Bonchev–Trinajstić information content (AvgIpc) is 1.93. The third kappa shape index (κ3) is 2.50. The molecule has 64 valence electrons. The fourth-order valence-corrected chi connectivity index (χ4v) is 1.71. The second-order valence-electron chi connectivity index (χ2n) is 3.31. The summed E-state index contributed by atoms with van der Waals surface area (Å²) in [6.07, 6.45) is 4.55. The molecule has 3 heteroatoms. The van der Waals surface area contributed by atoms with Gasteiger partial charge in [-0.15, -0.1) is 0 Å². The molecule has 0 aromatic carbocycles. The lowest BCUT2D eigenvalue weighted by Crippen LogP contribution is -2.34. The molecule has 0 aliphatic heterocycles. The second kappa shape index (κ2) is 3.72. The third-order valence-corrected chi connectivity index (χ3v) is 2.40. The Morgan fingerprint density at radius 3 is 2.64 bits per heavy atom. The number of hydrogen-bond donors (Lipinski definition) is 2. The molecule has 0 bridgehead atoms. The summed E-state index contributed by atoms with van der Waals surface area (Å²) in [5.41, 5.74) is 5.76. The van der Waals surface area contributed by atoms with Gasteiger partial charge < -0.3 is 10.8 Å². The van der Waals surface area contributed by atoms with Crippen molar-refractivity contribution in [3.8, 4) is 0 Å². The lowest BCUT2D eigenvalue weighted by molar-refractivity contribution is -0.138. The van der Waals surface area contributed by atoms with Crippen LogP contribution in [0, 0.1) is 5.92 Å². The summed E-state index contributed by atoms with van der Waals surface area (Å²) in [7, 11) is 0. The zero-order valence-corrected chi connectivity index (χ0v) is 6.62. The van der Waals surface area contributed by atoms with Crippen molar-refractivity contribution in [1.29, 1.82) is 0 Å². The summed E-state index contributed by atoms with van der Waals surface area (Å²) in [5, 5.41) is 8.53. The van der Waals surface area contributed by atoms with Gasteiger partial charge in [0, 0.05) is 12.5 Å². The Morgan fingerprint density at radius 2 is 2.09 bits per heavy atom. The summed E-state index contributed by atoms with van der Waals surface area (Å²) >= 11 is 0. The summed E-state index contributed by atoms with van der Waals surface area (Å²) in [4.78, 5) is 10.4. The normalized spacial score (nSPS) is 31.7. The van der Waals surface area contributed by atoms with Gasteiger partial charge in [0.05, 0.1) is 0 Å². The predicted octanol–water partition coefficient (Wildman–Crippen LogP) is 0.979. The zero-order chi connectivity index (χ0) is 8.27. The maximum absolute atomic E-state index is 10.4. The van der Waals surface area contributed by atoms with E-state index < -0.39 is 5.97 Å². The van der Waals surface area contributed by atoms with E-state index in [1.807, 2.05) is 0 Å². The highest BCUT2D eigenvalue weighted by Crippen LogP contribution is 2.25. The molecule has 0 aromatic heterocycles. The van der Waals surface area contributed by atoms with Gasteiger partial charge in [0.25, 0.3) is 0 Å². The highest BCUT2D eigenvalue weighted by molar-refractivity contribution is 5.67. The lowest BCUT2D eigenvalue weighted by Gasteiger charge is -2.26. The van der Waals surface area contributed by atoms with Gasteiger partial charge in [-0.25, -0.2) is 0 Å². The monoisotopic (exact) mass is 157 g/mol. The quantitative estimate of drug-likeness (QED) is 0.628. The molecule has 3 N–H and O–H groups in total. The average molecular weight is 157 g/mol. The van der Waals surface area contributed by atoms with Gasteiger partial charge in [-0.3, -0.25) is 4.79 Å². The number of carboxylic acids is 1. The highest BCUT2D eigenvalue weighted by Gasteiger charge is 2.23. The summed E-state index contributed by atoms with van der Waals surface area (Å²) < 4.78 is 0. The van der Waals surface area contributed by atoms with Gasteiger partial charge in [-0.1, -0.05) is 12.8 Å². The number of carbonyl (C=O) groups is 1. The molecule has 1 rings (SSSR count). The van der Waals surface area contributed by atoms with Crippen LogP contribution in [0.1, 0.15) is 32.1 Å². The molecule has 0 saturated heterocycles. The van der Waals surface area contributed by atoms with Crippen LogP contribution in [-0.2, 0) is 4.79 Å². The van der Waals surface area contributed by atoms with Gasteiger partial charge in [0.15, 0.2) is 0 Å². The van der Waals surface area contributed by atoms with E-state index in [2.05, 4.69) is 0 Å². The Kier molecular flexibility index (Phi) is 2.88. The van der Waals surface area contributed by atoms with Crippen LogP contribution in [0.3, 0.4) is 0 Å². The standard InChI is InChI=1S/C8H15NO2/c9-7-4-2-1-3-6(7)5-8(10)11/h6-7H,1-5,9H2,(H,10,11)/t6-,7-/m0/s1. The van der Waals surface area contributed by atoms with Gasteiger partial charge in [0.1, 0.15) is 0 Å². The van der Waals surface area contributed by atoms with Crippen molar-refractivity contribution in [3.63, 3.8) is 0 Å². The fourth-order valence-electron chi connectivity index (χ4n) is 1.71. The first-order valence-corrected chi connectivity index (χ1v) is 4.17. The molecule has 0 aromatic rings. The molecule has 1 saturated carbocycles. The van der Waals surface area contributed by atoms with E-state index >= 15 is 0 Å². The Labute approximate surface area is 66.6 Å². The molecular weight excluding hydrogens is 142 g/mol. The summed E-state index contributed by atoms with van der Waals surface area (Å²) in [6, 6.07) is 0.125. The van der Waals surface area contributed by atoms with Gasteiger partial charge in [-0.05, 0) is 18.8 Å². The number of nitrogens with two attached hydrogens (primary N) is 1. The van der Waals surface area contributed by atoms with Crippen LogP contribution in [0.5, 0.6) is 0 Å². The molecule has 0 heterocycles. The minimum absolute atomic E-state index is 0.125. The van der Waals surface area contributed by atoms with E-state index in [0.717, 1.165) is 25.7 Å². The first kappa shape index (κ1) is 8.53. The van der Waals surface area contributed by atoms with E-state index in [1.165, 1.54) is 0 Å². The molecule has 1 aliphatic rings. The molecule has 0 amide bonds. The van der Waals surface area contributed by atoms with Gasteiger partial charge in [0.2, 0.25) is 0 Å². The Hall–Kier alpha value is -0.570. The molecule has 0 radical (unpaired) electrons. The van der Waals surface area contributed by atoms with E-state index in [0.29, 0.717) is 0 Å². The Bertz CT molecular complexity index is 147. The molecular formula is C8H15NO2. The topological polar surface area (TPSA) is 63.3 Å². The first-order chi connectivity index (χ1) is 5.20. The van der Waals surface area contributed by atoms with Crippen LogP contribution in [0.25, 0.3) is 0 Å². The minimum Gasteiger partial charge on any atom is -0.481 e. The van der Waals surface area contributed by atoms with E-state index in [9.17, 15) is 4.79 Å². The van der Waals surface area contributed by atoms with Crippen molar-refractivity contribution in [2.45, 2.75) is 38.1 Å². The molecule has 11 heavy (non-hydrogen) atoms. The Balaban J connectivity index is 2.35. The van der Waals surface area contributed by atoms with Crippen LogP contribution < -0.4 is 5.73 Å². The number of rotatable bonds is 2. The van der Waals surface area contributed by atoms with E-state index in [1.54, 1.807) is 0 Å². The fraction of sp³-hybridized carbons (Fsp3) is 0.875. The maximum Gasteiger partial charge on any atom is 0.303 e. The SMILES string of the molecule is N[C@H]1CCCC[C@H]1CC(=O)O. The van der Waals surface area contributed by atoms with Crippen molar-refractivity contribution in [2.24, 2.45) is 11.7 Å². The number of aliphatic carboxylic acids is 1. The Morgan fingerprint density at radius 1 is 1.45 bits per heavy atom. The smallest absolute Gasteiger partial charge is 0.303 e. The maximum atomic E-state index is 10.4. The summed E-state index contributed by atoms with van der Waals surface area (Å²) in [5.74, 6) is -0.492. The summed E-state index contributed by atoms with van der Waals surface area (Å²) in [6.45, 7) is 0. The minimum atomic E-state index is -0.715. The number of hydrogen-bond acceptors (Lipinski definition) is 2. The van der Waals surface area contributed by atoms with Crippen molar-refractivity contribution < 1.29 is 9.90 Å². The van der Waals surface area contributed by atoms with Crippen molar-refractivity contribution in [2.75, 3.05) is 0 Å². The van der Waals surface area contributed by atoms with Gasteiger partial charge in [-0.2, -0.15) is 0 Å². The van der Waals surface area contributed by atoms with Crippen LogP contribution in [0.2, 0.25) is 0 Å². The van der Waals surface area contributed by atoms with Gasteiger partial charge >= 0.3 is 5.97 Å². The number of carboxylic acid groups (broad SMARTS) is 1.